The lowest BCUT2D eigenvalue weighted by Gasteiger charge is -2.22. The van der Waals surface area contributed by atoms with Crippen LogP contribution < -0.4 is 5.73 Å². The van der Waals surface area contributed by atoms with Gasteiger partial charge in [0.25, 0.3) is 0 Å². The molecule has 2 N–H and O–H groups in total. The molecule has 116 valence electrons. The molecule has 1 atom stereocenters. The summed E-state index contributed by atoms with van der Waals surface area (Å²) in [7, 11) is 1.94. The number of primary amides is 1. The molecule has 0 spiro atoms. The Balaban J connectivity index is 2.06. The summed E-state index contributed by atoms with van der Waals surface area (Å²) >= 11 is 0. The first-order chi connectivity index (χ1) is 9.86. The summed E-state index contributed by atoms with van der Waals surface area (Å²) in [5.74, 6) is -0.697. The molecule has 1 unspecified atom stereocenters. The lowest BCUT2D eigenvalue weighted by atomic mass is 10.1. The molecular formula is C14H23N5O2. The Morgan fingerprint density at radius 1 is 1.33 bits per heavy atom. The highest BCUT2D eigenvalue weighted by Crippen LogP contribution is 2.10. The zero-order valence-corrected chi connectivity index (χ0v) is 12.9. The Bertz CT molecular complexity index is 539. The number of hydrogen-bond acceptors (Lipinski definition) is 4. The van der Waals surface area contributed by atoms with Crippen LogP contribution >= 0.6 is 0 Å². The summed E-state index contributed by atoms with van der Waals surface area (Å²) < 4.78 is 1.70. The smallest absolute Gasteiger partial charge is 0.244 e. The fraction of sp³-hybridized carbons (Fsp3) is 0.643. The summed E-state index contributed by atoms with van der Waals surface area (Å²) in [4.78, 5) is 27.7. The topological polar surface area (TPSA) is 84.5 Å². The monoisotopic (exact) mass is 293 g/mol. The third-order valence-electron chi connectivity index (χ3n) is 3.87. The molecule has 7 nitrogen and oxygen atoms in total. The molecule has 0 aliphatic carbocycles. The number of carbonyl (C=O) groups excluding carboxylic acids is 2. The van der Waals surface area contributed by atoms with E-state index in [0.717, 1.165) is 17.9 Å². The minimum atomic E-state index is -0.354. The van der Waals surface area contributed by atoms with Gasteiger partial charge in [0.05, 0.1) is 11.6 Å². The van der Waals surface area contributed by atoms with Gasteiger partial charge < -0.3 is 15.5 Å². The van der Waals surface area contributed by atoms with Crippen LogP contribution in [0.4, 0.5) is 0 Å². The Kier molecular flexibility index (Phi) is 4.62. The highest BCUT2D eigenvalue weighted by molar-refractivity contribution is 5.80. The zero-order chi connectivity index (χ0) is 15.6. The van der Waals surface area contributed by atoms with Crippen LogP contribution in [0, 0.1) is 19.8 Å². The van der Waals surface area contributed by atoms with Gasteiger partial charge in [-0.25, -0.2) is 0 Å². The van der Waals surface area contributed by atoms with Crippen LogP contribution in [-0.4, -0.2) is 64.6 Å². The molecular weight excluding hydrogens is 270 g/mol. The van der Waals surface area contributed by atoms with Crippen molar-refractivity contribution >= 4 is 11.8 Å². The molecule has 0 saturated carbocycles. The van der Waals surface area contributed by atoms with Gasteiger partial charge in [0.15, 0.2) is 0 Å². The summed E-state index contributed by atoms with van der Waals surface area (Å²) in [5, 5.41) is 4.30. The largest absolute Gasteiger partial charge is 0.369 e. The minimum absolute atomic E-state index is 0.0252. The molecule has 1 aliphatic rings. The minimum Gasteiger partial charge on any atom is -0.369 e. The van der Waals surface area contributed by atoms with Crippen molar-refractivity contribution in [3.8, 4) is 0 Å². The summed E-state index contributed by atoms with van der Waals surface area (Å²) in [5.41, 5.74) is 7.27. The van der Waals surface area contributed by atoms with Gasteiger partial charge in [-0.3, -0.25) is 14.3 Å². The Morgan fingerprint density at radius 3 is 2.62 bits per heavy atom. The molecule has 0 radical (unpaired) electrons. The van der Waals surface area contributed by atoms with E-state index in [1.54, 1.807) is 9.58 Å². The highest BCUT2D eigenvalue weighted by atomic mass is 16.2. The molecule has 1 aliphatic heterocycles. The molecule has 2 amide bonds. The number of carbonyl (C=O) groups is 2. The standard InChI is InChI=1S/C14H23N5O2/c1-10-6-11(2)19(16-10)9-13(20)18-5-4-17(3)7-12(8-18)14(15)21/h6,12H,4-5,7-9H2,1-3H3,(H2,15,21). The molecule has 2 rings (SSSR count). The van der Waals surface area contributed by atoms with Gasteiger partial charge in [0, 0.05) is 31.9 Å². The normalized spacial score (nSPS) is 20.3. The highest BCUT2D eigenvalue weighted by Gasteiger charge is 2.27. The van der Waals surface area contributed by atoms with E-state index in [9.17, 15) is 9.59 Å². The number of nitrogens with zero attached hydrogens (tertiary/aromatic N) is 4. The van der Waals surface area contributed by atoms with Gasteiger partial charge in [0.1, 0.15) is 6.54 Å². The van der Waals surface area contributed by atoms with E-state index in [2.05, 4.69) is 5.10 Å². The lowest BCUT2D eigenvalue weighted by molar-refractivity contribution is -0.133. The molecule has 1 saturated heterocycles. The first kappa shape index (κ1) is 15.5. The second kappa shape index (κ2) is 6.26. The van der Waals surface area contributed by atoms with Crippen molar-refractivity contribution in [1.29, 1.82) is 0 Å². The van der Waals surface area contributed by atoms with Crippen molar-refractivity contribution in [2.24, 2.45) is 11.7 Å². The van der Waals surface area contributed by atoms with Gasteiger partial charge >= 0.3 is 0 Å². The van der Waals surface area contributed by atoms with Crippen LogP contribution in [0.3, 0.4) is 0 Å². The van der Waals surface area contributed by atoms with E-state index in [-0.39, 0.29) is 24.3 Å². The molecule has 0 bridgehead atoms. The van der Waals surface area contributed by atoms with Crippen molar-refractivity contribution in [2.75, 3.05) is 33.2 Å². The van der Waals surface area contributed by atoms with E-state index in [4.69, 9.17) is 5.73 Å². The Hall–Kier alpha value is -1.89. The predicted molar refractivity (Wildman–Crippen MR) is 78.5 cm³/mol. The second-order valence-corrected chi connectivity index (χ2v) is 5.79. The number of amides is 2. The molecule has 1 fully saturated rings. The second-order valence-electron chi connectivity index (χ2n) is 5.79. The van der Waals surface area contributed by atoms with Crippen LogP contribution in [0.2, 0.25) is 0 Å². The van der Waals surface area contributed by atoms with Gasteiger partial charge in [-0.2, -0.15) is 5.10 Å². The molecule has 1 aromatic heterocycles. The average Bonchev–Trinajstić information content (AvgIpc) is 2.61. The van der Waals surface area contributed by atoms with Gasteiger partial charge in [-0.05, 0) is 27.0 Å². The van der Waals surface area contributed by atoms with Crippen LogP contribution in [0.25, 0.3) is 0 Å². The number of likely N-dealkylation sites (N-methyl/N-ethyl adjacent to an activating group) is 1. The molecule has 21 heavy (non-hydrogen) atoms. The van der Waals surface area contributed by atoms with Gasteiger partial charge in [-0.1, -0.05) is 0 Å². The maximum absolute atomic E-state index is 12.5. The fourth-order valence-electron chi connectivity index (χ4n) is 2.64. The van der Waals surface area contributed by atoms with E-state index in [0.29, 0.717) is 19.6 Å². The third-order valence-corrected chi connectivity index (χ3v) is 3.87. The maximum Gasteiger partial charge on any atom is 0.244 e. The van der Waals surface area contributed by atoms with E-state index in [1.807, 2.05) is 31.9 Å². The van der Waals surface area contributed by atoms with Crippen LogP contribution in [0.15, 0.2) is 6.07 Å². The lowest BCUT2D eigenvalue weighted by Crippen LogP contribution is -2.41. The number of nitrogens with two attached hydrogens (primary N) is 1. The summed E-state index contributed by atoms with van der Waals surface area (Å²) in [6.07, 6.45) is 0. The van der Waals surface area contributed by atoms with Gasteiger partial charge in [0.2, 0.25) is 11.8 Å². The van der Waals surface area contributed by atoms with E-state index >= 15 is 0 Å². The molecule has 2 heterocycles. The molecule has 0 aromatic carbocycles. The summed E-state index contributed by atoms with van der Waals surface area (Å²) in [6.45, 7) is 6.37. The Morgan fingerprint density at radius 2 is 2.05 bits per heavy atom. The molecule has 1 aromatic rings. The van der Waals surface area contributed by atoms with E-state index in [1.165, 1.54) is 0 Å². The first-order valence-corrected chi connectivity index (χ1v) is 7.13. The zero-order valence-electron chi connectivity index (χ0n) is 12.9. The number of aryl methyl sites for hydroxylation is 2. The average molecular weight is 293 g/mol. The first-order valence-electron chi connectivity index (χ1n) is 7.13. The van der Waals surface area contributed by atoms with Crippen molar-refractivity contribution < 1.29 is 9.59 Å². The molecule has 7 heteroatoms. The number of rotatable bonds is 3. The predicted octanol–water partition coefficient (Wildman–Crippen LogP) is -0.625. The number of aromatic nitrogens is 2. The third kappa shape index (κ3) is 3.81. The number of hydrogen-bond donors (Lipinski definition) is 1. The quantitative estimate of drug-likeness (QED) is 0.804. The van der Waals surface area contributed by atoms with Crippen LogP contribution in [0.1, 0.15) is 11.4 Å². The van der Waals surface area contributed by atoms with Crippen LogP contribution in [-0.2, 0) is 16.1 Å². The Labute approximate surface area is 124 Å². The maximum atomic E-state index is 12.5. The van der Waals surface area contributed by atoms with Crippen LogP contribution in [0.5, 0.6) is 0 Å². The van der Waals surface area contributed by atoms with Crippen molar-refractivity contribution in [3.05, 3.63) is 17.5 Å². The van der Waals surface area contributed by atoms with Crippen molar-refractivity contribution in [3.63, 3.8) is 0 Å². The van der Waals surface area contributed by atoms with Crippen molar-refractivity contribution in [2.45, 2.75) is 20.4 Å². The van der Waals surface area contributed by atoms with Gasteiger partial charge in [-0.15, -0.1) is 0 Å². The van der Waals surface area contributed by atoms with E-state index < -0.39 is 0 Å². The fourth-order valence-corrected chi connectivity index (χ4v) is 2.64. The SMILES string of the molecule is Cc1cc(C)n(CC(=O)N2CCN(C)CC(C(N)=O)C2)n1. The van der Waals surface area contributed by atoms with Crippen molar-refractivity contribution in [1.82, 2.24) is 19.6 Å². The summed E-state index contributed by atoms with van der Waals surface area (Å²) in [6, 6.07) is 1.94.